The van der Waals surface area contributed by atoms with E-state index in [1.54, 1.807) is 41.5 Å². The normalized spacial score (nSPS) is 13.5. The molecule has 0 aliphatic heterocycles. The molecule has 0 radical (unpaired) electrons. The molecular formula is C28H56N4O8. The van der Waals surface area contributed by atoms with Gasteiger partial charge in [-0.1, -0.05) is 11.5 Å². The van der Waals surface area contributed by atoms with E-state index < -0.39 is 40.6 Å². The lowest BCUT2D eigenvalue weighted by atomic mass is 10.0. The highest BCUT2D eigenvalue weighted by Gasteiger charge is 2.33. The number of nitrogens with one attached hydrogen (secondary N) is 1. The Bertz CT molecular complexity index is 747. The summed E-state index contributed by atoms with van der Waals surface area (Å²) < 4.78 is 22.5. The van der Waals surface area contributed by atoms with E-state index in [0.717, 1.165) is 12.8 Å². The average Bonchev–Trinajstić information content (AvgIpc) is 2.75. The number of hydrogen-bond donors (Lipinski definition) is 3. The molecule has 0 unspecified atom stereocenters. The third-order valence-electron chi connectivity index (χ3n) is 5.44. The van der Waals surface area contributed by atoms with Crippen LogP contribution in [0.15, 0.2) is 0 Å². The second kappa shape index (κ2) is 17.1. The Morgan fingerprint density at radius 2 is 1.25 bits per heavy atom. The summed E-state index contributed by atoms with van der Waals surface area (Å²) >= 11 is 0. The molecule has 3 amide bonds. The molecule has 0 rings (SSSR count). The van der Waals surface area contributed by atoms with Crippen molar-refractivity contribution >= 4 is 18.1 Å². The predicted molar refractivity (Wildman–Crippen MR) is 153 cm³/mol. The fourth-order valence-corrected chi connectivity index (χ4v) is 3.21. The summed E-state index contributed by atoms with van der Waals surface area (Å²) in [5.41, 5.74) is 8.73. The van der Waals surface area contributed by atoms with E-state index in [1.807, 2.05) is 27.7 Å². The zero-order chi connectivity index (χ0) is 31.2. The molecule has 0 aromatic carbocycles. The zero-order valence-electron chi connectivity index (χ0n) is 26.5. The van der Waals surface area contributed by atoms with Gasteiger partial charge in [-0.2, -0.15) is 0 Å². The van der Waals surface area contributed by atoms with Gasteiger partial charge in [0.1, 0.15) is 11.2 Å². The Morgan fingerprint density at radius 3 is 1.75 bits per heavy atom. The van der Waals surface area contributed by atoms with Crippen molar-refractivity contribution in [2.45, 2.75) is 130 Å². The highest BCUT2D eigenvalue weighted by Crippen LogP contribution is 2.20. The molecule has 5 N–H and O–H groups in total. The Balaban J connectivity index is 4.58. The van der Waals surface area contributed by atoms with Crippen LogP contribution in [0.4, 0.5) is 9.59 Å². The Labute approximate surface area is 241 Å². The number of nitrogens with two attached hydrogens (primary N) is 2. The first kappa shape index (κ1) is 38.0. The summed E-state index contributed by atoms with van der Waals surface area (Å²) in [5, 5.41) is 3.35. The SMILES string of the molecule is CC(C)(C)OC(=O)N(OCCOC(C)(C)CCOC(C)(C)CCNC(=O)[C@@H](N)CCCCN)C(=O)OC(C)(C)C. The number of carbonyl (C=O) groups is 3. The van der Waals surface area contributed by atoms with Gasteiger partial charge in [0.05, 0.1) is 37.1 Å². The van der Waals surface area contributed by atoms with Gasteiger partial charge in [0.15, 0.2) is 0 Å². The molecule has 0 spiro atoms. The van der Waals surface area contributed by atoms with Gasteiger partial charge in [-0.3, -0.25) is 9.63 Å². The molecule has 0 aliphatic rings. The maximum atomic E-state index is 12.5. The van der Waals surface area contributed by atoms with Gasteiger partial charge in [-0.05, 0) is 101 Å². The van der Waals surface area contributed by atoms with Crippen LogP contribution in [0.1, 0.15) is 101 Å². The molecule has 0 aromatic rings. The third-order valence-corrected chi connectivity index (χ3v) is 5.44. The Morgan fingerprint density at radius 1 is 0.750 bits per heavy atom. The maximum Gasteiger partial charge on any atom is 0.444 e. The van der Waals surface area contributed by atoms with Gasteiger partial charge >= 0.3 is 12.2 Å². The first-order chi connectivity index (χ1) is 18.2. The topological polar surface area (TPSA) is 165 Å². The number of hydrogen-bond acceptors (Lipinski definition) is 10. The summed E-state index contributed by atoms with van der Waals surface area (Å²) in [5.74, 6) is -0.165. The van der Waals surface area contributed by atoms with Crippen molar-refractivity contribution in [3.63, 3.8) is 0 Å². The number of imide groups is 1. The highest BCUT2D eigenvalue weighted by molar-refractivity contribution is 5.86. The van der Waals surface area contributed by atoms with Crippen LogP contribution < -0.4 is 16.8 Å². The van der Waals surface area contributed by atoms with Crippen LogP contribution in [0.25, 0.3) is 0 Å². The maximum absolute atomic E-state index is 12.5. The molecule has 0 fully saturated rings. The zero-order valence-corrected chi connectivity index (χ0v) is 26.5. The lowest BCUT2D eigenvalue weighted by Crippen LogP contribution is -2.44. The van der Waals surface area contributed by atoms with Crippen LogP contribution in [-0.2, 0) is 28.6 Å². The van der Waals surface area contributed by atoms with Crippen LogP contribution in [0.3, 0.4) is 0 Å². The molecule has 0 aliphatic carbocycles. The van der Waals surface area contributed by atoms with Crippen LogP contribution in [0, 0.1) is 0 Å². The monoisotopic (exact) mass is 576 g/mol. The number of rotatable bonds is 17. The molecule has 0 aromatic heterocycles. The number of amides is 3. The molecule has 12 heteroatoms. The Hall–Kier alpha value is -1.99. The van der Waals surface area contributed by atoms with E-state index in [2.05, 4.69) is 5.32 Å². The highest BCUT2D eigenvalue weighted by atomic mass is 16.8. The summed E-state index contributed by atoms with van der Waals surface area (Å²) in [6, 6.07) is -0.530. The quantitative estimate of drug-likeness (QED) is 0.170. The molecule has 12 nitrogen and oxygen atoms in total. The van der Waals surface area contributed by atoms with Gasteiger partial charge in [0.2, 0.25) is 5.91 Å². The molecule has 236 valence electrons. The van der Waals surface area contributed by atoms with Gasteiger partial charge in [0.25, 0.3) is 0 Å². The lowest BCUT2D eigenvalue weighted by molar-refractivity contribution is -0.158. The second-order valence-corrected chi connectivity index (χ2v) is 13.0. The summed E-state index contributed by atoms with van der Waals surface area (Å²) in [6.07, 6.45) is 1.55. The van der Waals surface area contributed by atoms with E-state index in [0.29, 0.717) is 44.0 Å². The number of carbonyl (C=O) groups excluding carboxylic acids is 3. The van der Waals surface area contributed by atoms with Crippen molar-refractivity contribution in [3.05, 3.63) is 0 Å². The number of ether oxygens (including phenoxy) is 4. The fourth-order valence-electron chi connectivity index (χ4n) is 3.21. The van der Waals surface area contributed by atoms with Crippen LogP contribution in [-0.4, -0.2) is 84.5 Å². The molecule has 40 heavy (non-hydrogen) atoms. The minimum atomic E-state index is -0.971. The first-order valence-electron chi connectivity index (χ1n) is 14.1. The van der Waals surface area contributed by atoms with E-state index in [9.17, 15) is 14.4 Å². The second-order valence-electron chi connectivity index (χ2n) is 13.0. The van der Waals surface area contributed by atoms with Crippen LogP contribution in [0.5, 0.6) is 0 Å². The van der Waals surface area contributed by atoms with Gasteiger partial charge in [-0.25, -0.2) is 9.59 Å². The van der Waals surface area contributed by atoms with E-state index in [-0.39, 0.29) is 19.1 Å². The number of unbranched alkanes of at least 4 members (excludes halogenated alkanes) is 1. The van der Waals surface area contributed by atoms with Crippen molar-refractivity contribution in [1.29, 1.82) is 0 Å². The van der Waals surface area contributed by atoms with Gasteiger partial charge < -0.3 is 35.7 Å². The lowest BCUT2D eigenvalue weighted by Gasteiger charge is -2.30. The van der Waals surface area contributed by atoms with Crippen molar-refractivity contribution < 1.29 is 38.2 Å². The van der Waals surface area contributed by atoms with Gasteiger partial charge in [0, 0.05) is 6.54 Å². The predicted octanol–water partition coefficient (Wildman–Crippen LogP) is 4.03. The minimum absolute atomic E-state index is 0.0810. The molecule has 0 saturated heterocycles. The largest absolute Gasteiger partial charge is 0.444 e. The van der Waals surface area contributed by atoms with Gasteiger partial charge in [-0.15, -0.1) is 0 Å². The van der Waals surface area contributed by atoms with E-state index >= 15 is 0 Å². The van der Waals surface area contributed by atoms with Crippen molar-refractivity contribution in [3.8, 4) is 0 Å². The number of hydroxylamine groups is 2. The standard InChI is InChI=1S/C28H56N4O8/c1-25(2,3)39-23(34)32(24(35)40-26(4,5)6)38-20-19-37-28(9,10)15-18-36-27(7,8)14-17-31-22(33)21(30)13-11-12-16-29/h21H,11-20,29-30H2,1-10H3,(H,31,33)/t21-/m0/s1. The smallest absolute Gasteiger partial charge is 0.442 e. The molecule has 1 atom stereocenters. The van der Waals surface area contributed by atoms with Crippen molar-refractivity contribution in [2.75, 3.05) is 32.9 Å². The fraction of sp³-hybridized carbons (Fsp3) is 0.893. The average molecular weight is 577 g/mol. The van der Waals surface area contributed by atoms with E-state index in [4.69, 9.17) is 35.3 Å². The summed E-state index contributed by atoms with van der Waals surface area (Å²) in [7, 11) is 0. The molecule has 0 heterocycles. The minimum Gasteiger partial charge on any atom is -0.442 e. The number of nitrogens with zero attached hydrogens (tertiary/aromatic N) is 1. The third kappa shape index (κ3) is 19.1. The summed E-state index contributed by atoms with van der Waals surface area (Å²) in [4.78, 5) is 42.5. The van der Waals surface area contributed by atoms with E-state index in [1.165, 1.54) is 0 Å². The molecular weight excluding hydrogens is 520 g/mol. The van der Waals surface area contributed by atoms with Crippen LogP contribution in [0.2, 0.25) is 0 Å². The molecule has 0 bridgehead atoms. The Kier molecular flexibility index (Phi) is 16.2. The first-order valence-corrected chi connectivity index (χ1v) is 14.1. The summed E-state index contributed by atoms with van der Waals surface area (Å²) in [6.45, 7) is 19.4. The van der Waals surface area contributed by atoms with Crippen LogP contribution >= 0.6 is 0 Å². The molecule has 0 saturated carbocycles. The van der Waals surface area contributed by atoms with Crippen molar-refractivity contribution in [1.82, 2.24) is 10.4 Å². The van der Waals surface area contributed by atoms with Crippen molar-refractivity contribution in [2.24, 2.45) is 11.5 Å².